The molecule has 4 heterocycles. The highest BCUT2D eigenvalue weighted by molar-refractivity contribution is 6.38. The van der Waals surface area contributed by atoms with Crippen LogP contribution in [0.3, 0.4) is 0 Å². The van der Waals surface area contributed by atoms with E-state index in [9.17, 15) is 0 Å². The quantitative estimate of drug-likeness (QED) is 0.188. The standard InChI is InChI=1S/C48H30N4/c1-2-15-35(16-3-1)52-46-37-17-5-4-13-31(37)23-24-41(46)45-44-40-20-8-9-22-43(40)51(47(44)38-18-6-7-19-39(38)48(45)52)36-28-33(32-14-12-25-49-30-32)27-34(29-36)42-21-10-11-26-50-42/h1-30H. The molecule has 242 valence electrons. The second-order valence-electron chi connectivity index (χ2n) is 13.4. The molecule has 0 unspecified atom stereocenters. The largest absolute Gasteiger partial charge is 0.309 e. The van der Waals surface area contributed by atoms with Crippen molar-refractivity contribution in [2.75, 3.05) is 0 Å². The SMILES string of the molecule is c1ccc(-n2c3c4ccccc4ccc3c3c4c5ccccc5n(-c5cc(-c6cccnc6)cc(-c6ccccn6)c5)c4c4ccccc4c32)cc1. The van der Waals surface area contributed by atoms with Crippen LogP contribution in [0.25, 0.3) is 98.9 Å². The molecular formula is C48H30N4. The van der Waals surface area contributed by atoms with Gasteiger partial charge in [0.05, 0.1) is 27.8 Å². The molecule has 4 aromatic heterocycles. The van der Waals surface area contributed by atoms with Gasteiger partial charge in [-0.3, -0.25) is 9.97 Å². The van der Waals surface area contributed by atoms with E-state index in [-0.39, 0.29) is 0 Å². The average molecular weight is 663 g/mol. The summed E-state index contributed by atoms with van der Waals surface area (Å²) in [6, 6.07) is 59.1. The van der Waals surface area contributed by atoms with E-state index >= 15 is 0 Å². The Morgan fingerprint density at radius 2 is 1.08 bits per heavy atom. The molecule has 0 amide bonds. The summed E-state index contributed by atoms with van der Waals surface area (Å²) >= 11 is 0. The molecular weight excluding hydrogens is 633 g/mol. The maximum absolute atomic E-state index is 4.78. The van der Waals surface area contributed by atoms with E-state index in [1.807, 2.05) is 30.7 Å². The van der Waals surface area contributed by atoms with Crippen molar-refractivity contribution in [1.82, 2.24) is 19.1 Å². The van der Waals surface area contributed by atoms with Gasteiger partial charge in [-0.1, -0.05) is 109 Å². The number of hydrogen-bond acceptors (Lipinski definition) is 2. The first kappa shape index (κ1) is 28.8. The molecule has 0 spiro atoms. The van der Waals surface area contributed by atoms with Gasteiger partial charge >= 0.3 is 0 Å². The fourth-order valence-electron chi connectivity index (χ4n) is 8.43. The van der Waals surface area contributed by atoms with E-state index in [4.69, 9.17) is 4.98 Å². The highest BCUT2D eigenvalue weighted by Crippen LogP contribution is 2.48. The molecule has 52 heavy (non-hydrogen) atoms. The molecule has 0 fully saturated rings. The summed E-state index contributed by atoms with van der Waals surface area (Å²) in [5.41, 5.74) is 11.2. The number of rotatable bonds is 4. The van der Waals surface area contributed by atoms with Crippen molar-refractivity contribution in [3.05, 3.63) is 182 Å². The Morgan fingerprint density at radius 3 is 1.87 bits per heavy atom. The van der Waals surface area contributed by atoms with Gasteiger partial charge in [0.25, 0.3) is 0 Å². The van der Waals surface area contributed by atoms with Gasteiger partial charge in [0.2, 0.25) is 0 Å². The number of benzene rings is 7. The molecule has 4 nitrogen and oxygen atoms in total. The first-order valence-electron chi connectivity index (χ1n) is 17.7. The van der Waals surface area contributed by atoms with Crippen LogP contribution in [-0.4, -0.2) is 19.1 Å². The van der Waals surface area contributed by atoms with Crippen LogP contribution in [0.1, 0.15) is 0 Å². The van der Waals surface area contributed by atoms with Crippen LogP contribution in [0, 0.1) is 0 Å². The maximum atomic E-state index is 4.78. The zero-order valence-corrected chi connectivity index (χ0v) is 28.1. The zero-order valence-electron chi connectivity index (χ0n) is 28.1. The van der Waals surface area contributed by atoms with E-state index in [0.717, 1.165) is 39.3 Å². The van der Waals surface area contributed by atoms with E-state index < -0.39 is 0 Å². The summed E-state index contributed by atoms with van der Waals surface area (Å²) in [6.07, 6.45) is 5.63. The molecule has 11 aromatic rings. The van der Waals surface area contributed by atoms with Crippen LogP contribution in [-0.2, 0) is 0 Å². The summed E-state index contributed by atoms with van der Waals surface area (Å²) in [4.78, 5) is 9.27. The van der Waals surface area contributed by atoms with Gasteiger partial charge in [-0.25, -0.2) is 0 Å². The van der Waals surface area contributed by atoms with Gasteiger partial charge in [-0.05, 0) is 65.5 Å². The number of nitrogens with zero attached hydrogens (tertiary/aromatic N) is 4. The Labute approximate surface area is 299 Å². The lowest BCUT2D eigenvalue weighted by molar-refractivity contribution is 1.18. The molecule has 0 saturated carbocycles. The highest BCUT2D eigenvalue weighted by atomic mass is 15.0. The van der Waals surface area contributed by atoms with Crippen molar-refractivity contribution in [3.63, 3.8) is 0 Å². The molecule has 0 N–H and O–H groups in total. The van der Waals surface area contributed by atoms with Gasteiger partial charge in [0.15, 0.2) is 0 Å². The monoisotopic (exact) mass is 662 g/mol. The van der Waals surface area contributed by atoms with E-state index in [1.54, 1.807) is 0 Å². The van der Waals surface area contributed by atoms with Crippen molar-refractivity contribution in [1.29, 1.82) is 0 Å². The third-order valence-corrected chi connectivity index (χ3v) is 10.6. The summed E-state index contributed by atoms with van der Waals surface area (Å²) in [6.45, 7) is 0. The second-order valence-corrected chi connectivity index (χ2v) is 13.4. The first-order chi connectivity index (χ1) is 25.8. The first-order valence-corrected chi connectivity index (χ1v) is 17.7. The topological polar surface area (TPSA) is 35.6 Å². The Bertz CT molecular complexity index is 3100. The molecule has 0 aliphatic carbocycles. The molecule has 4 heteroatoms. The summed E-state index contributed by atoms with van der Waals surface area (Å²) in [7, 11) is 0. The van der Waals surface area contributed by atoms with Gasteiger partial charge in [0, 0.05) is 78.8 Å². The minimum Gasteiger partial charge on any atom is -0.309 e. The maximum Gasteiger partial charge on any atom is 0.0702 e. The van der Waals surface area contributed by atoms with Crippen molar-refractivity contribution >= 4 is 65.2 Å². The van der Waals surface area contributed by atoms with Crippen LogP contribution in [0.4, 0.5) is 0 Å². The van der Waals surface area contributed by atoms with Gasteiger partial charge in [0.1, 0.15) is 0 Å². The van der Waals surface area contributed by atoms with E-state index in [0.29, 0.717) is 0 Å². The van der Waals surface area contributed by atoms with Gasteiger partial charge in [-0.2, -0.15) is 0 Å². The normalized spacial score (nSPS) is 11.8. The molecule has 7 aromatic carbocycles. The molecule has 0 radical (unpaired) electrons. The second kappa shape index (κ2) is 11.2. The lowest BCUT2D eigenvalue weighted by Crippen LogP contribution is -1.98. The number of pyridine rings is 2. The fourth-order valence-corrected chi connectivity index (χ4v) is 8.43. The van der Waals surface area contributed by atoms with Crippen LogP contribution in [0.2, 0.25) is 0 Å². The number of hydrogen-bond donors (Lipinski definition) is 0. The van der Waals surface area contributed by atoms with Crippen molar-refractivity contribution in [2.24, 2.45) is 0 Å². The average Bonchev–Trinajstić information content (AvgIpc) is 3.76. The van der Waals surface area contributed by atoms with E-state index in [2.05, 4.69) is 166 Å². The minimum absolute atomic E-state index is 0.931. The van der Waals surface area contributed by atoms with Gasteiger partial charge < -0.3 is 9.13 Å². The van der Waals surface area contributed by atoms with Crippen LogP contribution in [0.15, 0.2) is 182 Å². The van der Waals surface area contributed by atoms with Crippen molar-refractivity contribution < 1.29 is 0 Å². The van der Waals surface area contributed by atoms with Crippen molar-refractivity contribution in [3.8, 4) is 33.8 Å². The summed E-state index contributed by atoms with van der Waals surface area (Å²) in [5, 5.41) is 9.88. The Kier molecular flexibility index (Phi) is 6.22. The molecule has 0 aliphatic rings. The van der Waals surface area contributed by atoms with E-state index in [1.165, 1.54) is 59.6 Å². The fraction of sp³-hybridized carbons (Fsp3) is 0. The highest BCUT2D eigenvalue weighted by Gasteiger charge is 2.25. The van der Waals surface area contributed by atoms with Crippen molar-refractivity contribution in [2.45, 2.75) is 0 Å². The third kappa shape index (κ3) is 4.15. The lowest BCUT2D eigenvalue weighted by atomic mass is 9.98. The number of para-hydroxylation sites is 2. The third-order valence-electron chi connectivity index (χ3n) is 10.6. The number of fused-ring (bicyclic) bond motifs is 12. The summed E-state index contributed by atoms with van der Waals surface area (Å²) < 4.78 is 4.98. The predicted octanol–water partition coefficient (Wildman–Crippen LogP) is 12.3. The molecule has 0 atom stereocenters. The Balaban J connectivity index is 1.38. The zero-order chi connectivity index (χ0) is 34.2. The lowest BCUT2D eigenvalue weighted by Gasteiger charge is -2.15. The predicted molar refractivity (Wildman–Crippen MR) is 217 cm³/mol. The van der Waals surface area contributed by atoms with Crippen LogP contribution < -0.4 is 0 Å². The minimum atomic E-state index is 0.931. The van der Waals surface area contributed by atoms with Gasteiger partial charge in [-0.15, -0.1) is 0 Å². The van der Waals surface area contributed by atoms with Crippen LogP contribution >= 0.6 is 0 Å². The summed E-state index contributed by atoms with van der Waals surface area (Å²) in [5.74, 6) is 0. The molecule has 11 rings (SSSR count). The smallest absolute Gasteiger partial charge is 0.0702 e. The molecule has 0 bridgehead atoms. The molecule has 0 saturated heterocycles. The van der Waals surface area contributed by atoms with Crippen LogP contribution in [0.5, 0.6) is 0 Å². The Hall–Kier alpha value is -7.04. The molecule has 0 aliphatic heterocycles. The number of aromatic nitrogens is 4. The Morgan fingerprint density at radius 1 is 0.385 bits per heavy atom.